The first-order valence-electron chi connectivity index (χ1n) is 7.89. The maximum atomic E-state index is 13.6. The van der Waals surface area contributed by atoms with Crippen LogP contribution in [0.25, 0.3) is 0 Å². The molecule has 0 heterocycles. The van der Waals surface area contributed by atoms with Crippen LogP contribution in [-0.4, -0.2) is 12.1 Å². The molecule has 128 valence electrons. The molecule has 1 atom stereocenters. The number of alkyl halides is 5. The first-order valence-corrected chi connectivity index (χ1v) is 7.89. The molecule has 0 amide bonds. The maximum Gasteiger partial charge on any atom is 0.453 e. The summed E-state index contributed by atoms with van der Waals surface area (Å²) in [4.78, 5) is 0. The van der Waals surface area contributed by atoms with Gasteiger partial charge in [-0.25, -0.2) is 0 Å². The van der Waals surface area contributed by atoms with Crippen LogP contribution in [0, 0.1) is 11.3 Å². The minimum atomic E-state index is -5.47. The van der Waals surface area contributed by atoms with E-state index in [4.69, 9.17) is 0 Å². The molecule has 0 fully saturated rings. The smallest absolute Gasteiger partial charge is 0.196 e. The van der Waals surface area contributed by atoms with Crippen LogP contribution in [0.5, 0.6) is 0 Å². The lowest BCUT2D eigenvalue weighted by Gasteiger charge is -2.37. The zero-order chi connectivity index (χ0) is 16.7. The summed E-state index contributed by atoms with van der Waals surface area (Å²) < 4.78 is 65.0. The SMILES string of the molecule is CCCCCCCCCC(C(C)(C)C)C(F)(F)C(F)(F)F. The molecule has 0 saturated carbocycles. The van der Waals surface area contributed by atoms with Gasteiger partial charge in [0.1, 0.15) is 0 Å². The van der Waals surface area contributed by atoms with Crippen LogP contribution in [0.15, 0.2) is 0 Å². The van der Waals surface area contributed by atoms with Gasteiger partial charge in [0.05, 0.1) is 0 Å². The Labute approximate surface area is 125 Å². The van der Waals surface area contributed by atoms with E-state index in [-0.39, 0.29) is 6.42 Å². The first-order chi connectivity index (χ1) is 9.44. The summed E-state index contributed by atoms with van der Waals surface area (Å²) in [5.74, 6) is -6.28. The molecule has 1 unspecified atom stereocenters. The molecule has 0 N–H and O–H groups in total. The number of halogens is 5. The zero-order valence-corrected chi connectivity index (χ0v) is 13.6. The van der Waals surface area contributed by atoms with E-state index in [1.807, 2.05) is 0 Å². The minimum absolute atomic E-state index is 0.0796. The van der Waals surface area contributed by atoms with Crippen molar-refractivity contribution >= 4 is 0 Å². The van der Waals surface area contributed by atoms with Gasteiger partial charge in [0, 0.05) is 5.92 Å². The van der Waals surface area contributed by atoms with Gasteiger partial charge in [-0.15, -0.1) is 0 Å². The van der Waals surface area contributed by atoms with Crippen molar-refractivity contribution < 1.29 is 22.0 Å². The first kappa shape index (κ1) is 20.6. The average molecular weight is 316 g/mol. The van der Waals surface area contributed by atoms with Crippen LogP contribution in [0.3, 0.4) is 0 Å². The van der Waals surface area contributed by atoms with Crippen LogP contribution in [0.2, 0.25) is 0 Å². The zero-order valence-electron chi connectivity index (χ0n) is 13.6. The van der Waals surface area contributed by atoms with Gasteiger partial charge in [-0.05, 0) is 11.8 Å². The summed E-state index contributed by atoms with van der Waals surface area (Å²) >= 11 is 0. The van der Waals surface area contributed by atoms with E-state index in [9.17, 15) is 22.0 Å². The Morgan fingerprint density at radius 3 is 1.52 bits per heavy atom. The van der Waals surface area contributed by atoms with E-state index in [1.54, 1.807) is 0 Å². The molecule has 0 nitrogen and oxygen atoms in total. The largest absolute Gasteiger partial charge is 0.453 e. The highest BCUT2D eigenvalue weighted by Gasteiger charge is 2.64. The Morgan fingerprint density at radius 2 is 1.14 bits per heavy atom. The summed E-state index contributed by atoms with van der Waals surface area (Å²) in [7, 11) is 0. The van der Waals surface area contributed by atoms with E-state index in [0.717, 1.165) is 38.5 Å². The molecule has 0 rings (SSSR count). The Balaban J connectivity index is 4.42. The maximum absolute atomic E-state index is 13.6. The van der Waals surface area contributed by atoms with Crippen molar-refractivity contribution in [2.75, 3.05) is 0 Å². The van der Waals surface area contributed by atoms with Crippen molar-refractivity contribution in [1.29, 1.82) is 0 Å². The number of unbranched alkanes of at least 4 members (excludes halogenated alkanes) is 6. The van der Waals surface area contributed by atoms with Gasteiger partial charge in [-0.3, -0.25) is 0 Å². The standard InChI is InChI=1S/C16H29F5/c1-5-6-7-8-9-10-11-12-13(14(2,3)4)15(17,18)16(19,20)21/h13H,5-12H2,1-4H3. The normalized spacial score (nSPS) is 15.3. The summed E-state index contributed by atoms with van der Waals surface area (Å²) in [6.07, 6.45) is 0.941. The Hall–Kier alpha value is -0.350. The second kappa shape index (κ2) is 8.33. The third-order valence-electron chi connectivity index (χ3n) is 3.96. The van der Waals surface area contributed by atoms with Crippen molar-refractivity contribution in [1.82, 2.24) is 0 Å². The molecular weight excluding hydrogens is 287 g/mol. The molecule has 21 heavy (non-hydrogen) atoms. The molecule has 0 saturated heterocycles. The Bertz CT molecular complexity index is 275. The molecule has 5 heteroatoms. The van der Waals surface area contributed by atoms with E-state index >= 15 is 0 Å². The van der Waals surface area contributed by atoms with Crippen molar-refractivity contribution in [3.63, 3.8) is 0 Å². The fraction of sp³-hybridized carbons (Fsp3) is 1.00. The van der Waals surface area contributed by atoms with E-state index in [0.29, 0.717) is 6.42 Å². The topological polar surface area (TPSA) is 0 Å². The second-order valence-corrected chi connectivity index (χ2v) is 6.95. The average Bonchev–Trinajstić information content (AvgIpc) is 2.29. The molecule has 0 aliphatic heterocycles. The van der Waals surface area contributed by atoms with Crippen LogP contribution >= 0.6 is 0 Å². The molecule has 0 aliphatic rings. The quantitative estimate of drug-likeness (QED) is 0.318. The van der Waals surface area contributed by atoms with E-state index in [2.05, 4.69) is 6.92 Å². The number of hydrogen-bond acceptors (Lipinski definition) is 0. The lowest BCUT2D eigenvalue weighted by molar-refractivity contribution is -0.314. The fourth-order valence-electron chi connectivity index (χ4n) is 2.66. The van der Waals surface area contributed by atoms with Crippen molar-refractivity contribution in [2.24, 2.45) is 11.3 Å². The van der Waals surface area contributed by atoms with Gasteiger partial charge >= 0.3 is 12.1 Å². The predicted molar refractivity (Wildman–Crippen MR) is 76.6 cm³/mol. The van der Waals surface area contributed by atoms with Gasteiger partial charge in [0.2, 0.25) is 0 Å². The highest BCUT2D eigenvalue weighted by Crippen LogP contribution is 2.50. The van der Waals surface area contributed by atoms with Gasteiger partial charge in [-0.1, -0.05) is 72.6 Å². The Kier molecular flexibility index (Phi) is 8.19. The summed E-state index contributed by atoms with van der Waals surface area (Å²) in [5.41, 5.74) is -1.07. The molecule has 0 spiro atoms. The lowest BCUT2D eigenvalue weighted by Crippen LogP contribution is -2.48. The minimum Gasteiger partial charge on any atom is -0.196 e. The number of rotatable bonds is 9. The summed E-state index contributed by atoms with van der Waals surface area (Å²) in [6, 6.07) is 0. The van der Waals surface area contributed by atoms with Crippen LogP contribution in [-0.2, 0) is 0 Å². The van der Waals surface area contributed by atoms with Gasteiger partial charge in [-0.2, -0.15) is 22.0 Å². The second-order valence-electron chi connectivity index (χ2n) is 6.95. The molecule has 0 aromatic carbocycles. The highest BCUT2D eigenvalue weighted by molar-refractivity contribution is 4.90. The molecule has 0 aliphatic carbocycles. The van der Waals surface area contributed by atoms with Crippen LogP contribution in [0.4, 0.5) is 22.0 Å². The number of hydrogen-bond donors (Lipinski definition) is 0. The summed E-state index contributed by atoms with van der Waals surface area (Å²) in [5, 5.41) is 0. The summed E-state index contributed by atoms with van der Waals surface area (Å²) in [6.45, 7) is 6.48. The van der Waals surface area contributed by atoms with Crippen LogP contribution in [0.1, 0.15) is 79.1 Å². The molecular formula is C16H29F5. The van der Waals surface area contributed by atoms with E-state index < -0.39 is 23.4 Å². The van der Waals surface area contributed by atoms with Crippen LogP contribution < -0.4 is 0 Å². The predicted octanol–water partition coefficient (Wildman–Crippen LogP) is 6.99. The highest BCUT2D eigenvalue weighted by atomic mass is 19.4. The van der Waals surface area contributed by atoms with E-state index in [1.165, 1.54) is 20.8 Å². The van der Waals surface area contributed by atoms with Gasteiger partial charge in [0.25, 0.3) is 0 Å². The molecule has 0 aromatic heterocycles. The van der Waals surface area contributed by atoms with Crippen molar-refractivity contribution in [3.05, 3.63) is 0 Å². The van der Waals surface area contributed by atoms with Gasteiger partial charge < -0.3 is 0 Å². The van der Waals surface area contributed by atoms with Crippen molar-refractivity contribution in [2.45, 2.75) is 91.2 Å². The third-order valence-corrected chi connectivity index (χ3v) is 3.96. The molecule has 0 bridgehead atoms. The van der Waals surface area contributed by atoms with Crippen molar-refractivity contribution in [3.8, 4) is 0 Å². The fourth-order valence-corrected chi connectivity index (χ4v) is 2.66. The lowest BCUT2D eigenvalue weighted by atomic mass is 9.73. The van der Waals surface area contributed by atoms with Gasteiger partial charge in [0.15, 0.2) is 0 Å². The molecule has 0 aromatic rings. The molecule has 0 radical (unpaired) electrons. The Morgan fingerprint density at radius 1 is 0.714 bits per heavy atom. The monoisotopic (exact) mass is 316 g/mol. The third kappa shape index (κ3) is 6.96.